The lowest BCUT2D eigenvalue weighted by atomic mass is 10.0. The first-order valence-electron chi connectivity index (χ1n) is 2.54. The van der Waals surface area contributed by atoms with Crippen LogP contribution in [0, 0.1) is 0 Å². The summed E-state index contributed by atoms with van der Waals surface area (Å²) in [6.07, 6.45) is -1.10. The molecule has 0 aliphatic carbocycles. The van der Waals surface area contributed by atoms with Gasteiger partial charge in [0, 0.05) is 0 Å². The fourth-order valence-corrected chi connectivity index (χ4v) is 0.925. The van der Waals surface area contributed by atoms with Crippen LogP contribution < -0.4 is 0 Å². The maximum absolute atomic E-state index is 9.04. The molecule has 0 aromatic carbocycles. The van der Waals surface area contributed by atoms with E-state index in [0.717, 1.165) is 0 Å². The highest BCUT2D eigenvalue weighted by molar-refractivity contribution is 6.44. The van der Waals surface area contributed by atoms with Crippen LogP contribution >= 0.6 is 23.2 Å². The third-order valence-electron chi connectivity index (χ3n) is 0.962. The van der Waals surface area contributed by atoms with Gasteiger partial charge in [-0.2, -0.15) is 0 Å². The van der Waals surface area contributed by atoms with Gasteiger partial charge in [0.2, 0.25) is 0 Å². The number of rotatable bonds is 2. The first-order chi connectivity index (χ1) is 3.85. The van der Waals surface area contributed by atoms with Crippen molar-refractivity contribution in [1.29, 1.82) is 0 Å². The first-order valence-corrected chi connectivity index (χ1v) is 3.41. The number of hydrogen-bond acceptors (Lipinski definition) is 2. The van der Waals surface area contributed by atoms with Crippen LogP contribution in [0.25, 0.3) is 0 Å². The van der Waals surface area contributed by atoms with Crippen LogP contribution in [0.1, 0.15) is 13.8 Å². The van der Waals surface area contributed by atoms with Crippen molar-refractivity contribution in [2.75, 3.05) is 0 Å². The molecule has 0 radical (unpaired) electrons. The second-order valence-corrected chi connectivity index (χ2v) is 3.60. The molecule has 0 rings (SSSR count). The molecule has 0 spiro atoms. The van der Waals surface area contributed by atoms with Crippen LogP contribution in [-0.4, -0.2) is 26.8 Å². The molecular weight excluding hydrogens is 163 g/mol. The third kappa shape index (κ3) is 3.26. The van der Waals surface area contributed by atoms with E-state index in [1.54, 1.807) is 0 Å². The number of aliphatic hydroxyl groups excluding tert-OH is 1. The van der Waals surface area contributed by atoms with E-state index in [2.05, 4.69) is 0 Å². The van der Waals surface area contributed by atoms with Gasteiger partial charge in [-0.1, -0.05) is 0 Å². The minimum Gasteiger partial charge on any atom is -0.388 e. The van der Waals surface area contributed by atoms with E-state index < -0.39 is 16.5 Å². The largest absolute Gasteiger partial charge is 0.388 e. The molecular formula is C5H10Cl2O2. The van der Waals surface area contributed by atoms with Gasteiger partial charge >= 0.3 is 0 Å². The van der Waals surface area contributed by atoms with Gasteiger partial charge in [-0.05, 0) is 13.8 Å². The van der Waals surface area contributed by atoms with E-state index in [-0.39, 0.29) is 0 Å². The fourth-order valence-electron chi connectivity index (χ4n) is 0.308. The monoisotopic (exact) mass is 172 g/mol. The van der Waals surface area contributed by atoms with Gasteiger partial charge < -0.3 is 10.2 Å². The summed E-state index contributed by atoms with van der Waals surface area (Å²) in [5.41, 5.74) is -1.23. The highest BCUT2D eigenvalue weighted by Crippen LogP contribution is 2.18. The second-order valence-electron chi connectivity index (χ2n) is 2.43. The van der Waals surface area contributed by atoms with E-state index >= 15 is 0 Å². The van der Waals surface area contributed by atoms with Gasteiger partial charge in [-0.3, -0.25) is 0 Å². The molecule has 4 heteroatoms. The van der Waals surface area contributed by atoms with Gasteiger partial charge in [-0.25, -0.2) is 0 Å². The summed E-state index contributed by atoms with van der Waals surface area (Å²) >= 11 is 10.5. The van der Waals surface area contributed by atoms with Crippen LogP contribution in [0.3, 0.4) is 0 Å². The van der Waals surface area contributed by atoms with Crippen molar-refractivity contribution < 1.29 is 10.2 Å². The summed E-state index contributed by atoms with van der Waals surface area (Å²) in [5.74, 6) is 0. The predicted molar refractivity (Wildman–Crippen MR) is 37.8 cm³/mol. The minimum absolute atomic E-state index is 0.940. The Balaban J connectivity index is 3.88. The summed E-state index contributed by atoms with van der Waals surface area (Å²) in [6.45, 7) is 2.88. The minimum atomic E-state index is -1.23. The Labute approximate surface area is 64.4 Å². The smallest absolute Gasteiger partial charge is 0.136 e. The lowest BCUT2D eigenvalue weighted by molar-refractivity contribution is -0.0403. The maximum atomic E-state index is 9.04. The Morgan fingerprint density at radius 1 is 1.33 bits per heavy atom. The van der Waals surface area contributed by atoms with Crippen molar-refractivity contribution in [3.05, 3.63) is 0 Å². The van der Waals surface area contributed by atoms with Gasteiger partial charge in [0.25, 0.3) is 0 Å². The molecule has 1 unspecified atom stereocenters. The molecule has 9 heavy (non-hydrogen) atoms. The predicted octanol–water partition coefficient (Wildman–Crippen LogP) is 0.922. The highest BCUT2D eigenvalue weighted by Gasteiger charge is 2.29. The van der Waals surface area contributed by atoms with E-state index in [1.165, 1.54) is 13.8 Å². The summed E-state index contributed by atoms with van der Waals surface area (Å²) in [4.78, 5) is -0.940. The zero-order valence-corrected chi connectivity index (χ0v) is 6.82. The lowest BCUT2D eigenvalue weighted by Crippen LogP contribution is -2.40. The summed E-state index contributed by atoms with van der Waals surface area (Å²) in [7, 11) is 0. The SMILES string of the molecule is CC(C)(O)C(O)C(Cl)Cl. The zero-order valence-electron chi connectivity index (χ0n) is 5.31. The Kier molecular flexibility index (Phi) is 3.23. The molecule has 0 bridgehead atoms. The Bertz CT molecular complexity index is 87.4. The van der Waals surface area contributed by atoms with Crippen molar-refractivity contribution in [3.63, 3.8) is 0 Å². The molecule has 0 aliphatic rings. The topological polar surface area (TPSA) is 40.5 Å². The molecule has 2 N–H and O–H groups in total. The van der Waals surface area contributed by atoms with Gasteiger partial charge in [0.15, 0.2) is 0 Å². The summed E-state index contributed by atoms with van der Waals surface area (Å²) in [5, 5.41) is 18.0. The highest BCUT2D eigenvalue weighted by atomic mass is 35.5. The number of hydrogen-bond donors (Lipinski definition) is 2. The molecule has 0 aliphatic heterocycles. The average molecular weight is 173 g/mol. The molecule has 0 heterocycles. The standard InChI is InChI=1S/C5H10Cl2O2/c1-5(2,9)3(8)4(6)7/h3-4,8-9H,1-2H3. The number of halogens is 2. The van der Waals surface area contributed by atoms with E-state index in [1.807, 2.05) is 0 Å². The van der Waals surface area contributed by atoms with Gasteiger partial charge in [0.1, 0.15) is 10.9 Å². The molecule has 0 amide bonds. The van der Waals surface area contributed by atoms with Gasteiger partial charge in [0.05, 0.1) is 5.60 Å². The quantitative estimate of drug-likeness (QED) is 0.609. The van der Waals surface area contributed by atoms with Gasteiger partial charge in [-0.15, -0.1) is 23.2 Å². The molecule has 0 saturated carbocycles. The van der Waals surface area contributed by atoms with Crippen LogP contribution in [0.4, 0.5) is 0 Å². The van der Waals surface area contributed by atoms with Crippen molar-refractivity contribution in [1.82, 2.24) is 0 Å². The zero-order chi connectivity index (χ0) is 7.65. The van der Waals surface area contributed by atoms with Crippen molar-refractivity contribution >= 4 is 23.2 Å². The molecule has 56 valence electrons. The molecule has 1 atom stereocenters. The van der Waals surface area contributed by atoms with Crippen LogP contribution in [0.2, 0.25) is 0 Å². The van der Waals surface area contributed by atoms with E-state index in [9.17, 15) is 0 Å². The Morgan fingerprint density at radius 2 is 1.67 bits per heavy atom. The van der Waals surface area contributed by atoms with E-state index in [4.69, 9.17) is 33.4 Å². The summed E-state index contributed by atoms with van der Waals surface area (Å²) in [6, 6.07) is 0. The van der Waals surface area contributed by atoms with Crippen LogP contribution in [0.5, 0.6) is 0 Å². The van der Waals surface area contributed by atoms with Crippen molar-refractivity contribution in [3.8, 4) is 0 Å². The normalized spacial score (nSPS) is 16.3. The molecule has 0 aromatic rings. The van der Waals surface area contributed by atoms with Crippen LogP contribution in [-0.2, 0) is 0 Å². The first kappa shape index (κ1) is 9.50. The van der Waals surface area contributed by atoms with Crippen molar-refractivity contribution in [2.45, 2.75) is 30.4 Å². The summed E-state index contributed by atoms with van der Waals surface area (Å²) < 4.78 is 0. The number of aliphatic hydroxyl groups is 2. The Hall–Kier alpha value is 0.500. The molecule has 2 nitrogen and oxygen atoms in total. The molecule has 0 fully saturated rings. The van der Waals surface area contributed by atoms with E-state index in [0.29, 0.717) is 0 Å². The maximum Gasteiger partial charge on any atom is 0.136 e. The second kappa shape index (κ2) is 3.06. The molecule has 0 aromatic heterocycles. The Morgan fingerprint density at radius 3 is 1.67 bits per heavy atom. The van der Waals surface area contributed by atoms with Crippen molar-refractivity contribution in [2.24, 2.45) is 0 Å². The third-order valence-corrected chi connectivity index (χ3v) is 1.44. The fraction of sp³-hybridized carbons (Fsp3) is 1.00. The molecule has 0 saturated heterocycles. The van der Waals surface area contributed by atoms with Crippen LogP contribution in [0.15, 0.2) is 0 Å². The average Bonchev–Trinajstić information content (AvgIpc) is 1.62. The number of alkyl halides is 2. The lowest BCUT2D eigenvalue weighted by Gasteiger charge is -2.24.